The molecule has 27 heavy (non-hydrogen) atoms. The molecule has 142 valence electrons. The zero-order chi connectivity index (χ0) is 18.8. The van der Waals surface area contributed by atoms with E-state index in [0.717, 1.165) is 30.4 Å². The van der Waals surface area contributed by atoms with Crippen LogP contribution in [0.1, 0.15) is 46.1 Å². The number of fused-ring (bicyclic) bond motifs is 2. The van der Waals surface area contributed by atoms with Gasteiger partial charge in [-0.25, -0.2) is 4.79 Å². The van der Waals surface area contributed by atoms with Crippen LogP contribution in [0.5, 0.6) is 11.5 Å². The van der Waals surface area contributed by atoms with E-state index in [0.29, 0.717) is 23.6 Å². The van der Waals surface area contributed by atoms with E-state index in [-0.39, 0.29) is 12.7 Å². The molecular formula is C20H21NO5S. The SMILES string of the molecule is C[C@H](OC(=O)c1csc2c1CCCC2)C(=O)NCc1ccc2c(c1)OCO2. The van der Waals surface area contributed by atoms with Gasteiger partial charge in [0.05, 0.1) is 5.56 Å². The minimum atomic E-state index is -0.856. The fraction of sp³-hybridized carbons (Fsp3) is 0.400. The molecule has 7 heteroatoms. The molecule has 2 aromatic rings. The van der Waals surface area contributed by atoms with Crippen molar-refractivity contribution in [3.63, 3.8) is 0 Å². The van der Waals surface area contributed by atoms with Crippen LogP contribution in [0.15, 0.2) is 23.6 Å². The van der Waals surface area contributed by atoms with Gasteiger partial charge in [0, 0.05) is 16.8 Å². The average Bonchev–Trinajstić information content (AvgIpc) is 3.32. The molecule has 1 N–H and O–H groups in total. The minimum absolute atomic E-state index is 0.213. The van der Waals surface area contributed by atoms with Gasteiger partial charge < -0.3 is 19.5 Å². The van der Waals surface area contributed by atoms with Gasteiger partial charge in [-0.3, -0.25) is 4.79 Å². The van der Waals surface area contributed by atoms with E-state index in [1.165, 1.54) is 11.3 Å². The van der Waals surface area contributed by atoms with Gasteiger partial charge in [-0.05, 0) is 55.9 Å². The third-order valence-electron chi connectivity index (χ3n) is 4.84. The summed E-state index contributed by atoms with van der Waals surface area (Å²) in [6.45, 7) is 2.13. The highest BCUT2D eigenvalue weighted by atomic mass is 32.1. The fourth-order valence-electron chi connectivity index (χ4n) is 3.33. The average molecular weight is 387 g/mol. The summed E-state index contributed by atoms with van der Waals surface area (Å²) in [6, 6.07) is 5.51. The van der Waals surface area contributed by atoms with E-state index in [4.69, 9.17) is 14.2 Å². The Kier molecular flexibility index (Phi) is 5.03. The van der Waals surface area contributed by atoms with Crippen LogP contribution in [0.4, 0.5) is 0 Å². The molecule has 1 amide bonds. The number of amides is 1. The summed E-state index contributed by atoms with van der Waals surface area (Å²) in [4.78, 5) is 26.0. The zero-order valence-corrected chi connectivity index (χ0v) is 15.9. The van der Waals surface area contributed by atoms with E-state index in [2.05, 4.69) is 5.32 Å². The van der Waals surface area contributed by atoms with Crippen LogP contribution in [0.3, 0.4) is 0 Å². The molecule has 0 bridgehead atoms. The molecule has 1 atom stereocenters. The van der Waals surface area contributed by atoms with E-state index in [1.54, 1.807) is 18.3 Å². The largest absolute Gasteiger partial charge is 0.454 e. The number of hydrogen-bond donors (Lipinski definition) is 1. The van der Waals surface area contributed by atoms with Gasteiger partial charge in [-0.2, -0.15) is 0 Å². The normalized spacial score (nSPS) is 15.7. The molecule has 2 aliphatic rings. The van der Waals surface area contributed by atoms with E-state index >= 15 is 0 Å². The Morgan fingerprint density at radius 1 is 1.22 bits per heavy atom. The number of benzene rings is 1. The van der Waals surface area contributed by atoms with Gasteiger partial charge in [0.15, 0.2) is 17.6 Å². The highest BCUT2D eigenvalue weighted by Crippen LogP contribution is 2.32. The summed E-state index contributed by atoms with van der Waals surface area (Å²) >= 11 is 1.61. The van der Waals surface area contributed by atoms with Crippen LogP contribution in [0.2, 0.25) is 0 Å². The maximum atomic E-state index is 12.5. The Balaban J connectivity index is 1.32. The first kappa shape index (κ1) is 17.9. The fourth-order valence-corrected chi connectivity index (χ4v) is 4.44. The van der Waals surface area contributed by atoms with Crippen molar-refractivity contribution in [2.45, 2.75) is 45.3 Å². The van der Waals surface area contributed by atoms with Gasteiger partial charge >= 0.3 is 5.97 Å². The Morgan fingerprint density at radius 3 is 2.93 bits per heavy atom. The monoisotopic (exact) mass is 387 g/mol. The topological polar surface area (TPSA) is 73.9 Å². The van der Waals surface area contributed by atoms with E-state index in [9.17, 15) is 9.59 Å². The molecule has 2 heterocycles. The van der Waals surface area contributed by atoms with Crippen LogP contribution in [-0.4, -0.2) is 24.8 Å². The van der Waals surface area contributed by atoms with E-state index in [1.807, 2.05) is 23.6 Å². The molecule has 0 saturated heterocycles. The van der Waals surface area contributed by atoms with Gasteiger partial charge in [0.2, 0.25) is 6.79 Å². The van der Waals surface area contributed by atoms with Gasteiger partial charge in [0.1, 0.15) is 0 Å². The quantitative estimate of drug-likeness (QED) is 0.798. The molecule has 0 radical (unpaired) electrons. The molecule has 6 nitrogen and oxygen atoms in total. The van der Waals surface area contributed by atoms with Crippen molar-refractivity contribution in [1.29, 1.82) is 0 Å². The lowest BCUT2D eigenvalue weighted by molar-refractivity contribution is -0.129. The Bertz CT molecular complexity index is 875. The van der Waals surface area contributed by atoms with Crippen molar-refractivity contribution in [2.24, 2.45) is 0 Å². The van der Waals surface area contributed by atoms with Gasteiger partial charge in [-0.15, -0.1) is 11.3 Å². The van der Waals surface area contributed by atoms with Gasteiger partial charge in [-0.1, -0.05) is 6.07 Å². The third-order valence-corrected chi connectivity index (χ3v) is 5.93. The van der Waals surface area contributed by atoms with Crippen molar-refractivity contribution in [2.75, 3.05) is 6.79 Å². The maximum Gasteiger partial charge on any atom is 0.340 e. The van der Waals surface area contributed by atoms with Crippen molar-refractivity contribution < 1.29 is 23.8 Å². The number of aryl methyl sites for hydroxylation is 1. The molecule has 0 spiro atoms. The number of esters is 1. The second-order valence-corrected chi connectivity index (χ2v) is 7.68. The number of rotatable bonds is 5. The molecule has 0 fully saturated rings. The number of thiophene rings is 1. The minimum Gasteiger partial charge on any atom is -0.454 e. The standard InChI is InChI=1S/C20H21NO5S/c1-12(26-20(23)15-10-27-18-5-3-2-4-14(15)18)19(22)21-9-13-6-7-16-17(8-13)25-11-24-16/h6-8,10,12H,2-5,9,11H2,1H3,(H,21,22)/t12-/m0/s1. The summed E-state index contributed by atoms with van der Waals surface area (Å²) in [5, 5.41) is 4.65. The predicted molar refractivity (Wildman–Crippen MR) is 100 cm³/mol. The summed E-state index contributed by atoms with van der Waals surface area (Å²) in [5.41, 5.74) is 2.60. The summed E-state index contributed by atoms with van der Waals surface area (Å²) in [6.07, 6.45) is 3.34. The van der Waals surface area contributed by atoms with Gasteiger partial charge in [0.25, 0.3) is 5.91 Å². The predicted octanol–water partition coefficient (Wildman–Crippen LogP) is 3.22. The number of carbonyl (C=O) groups is 2. The molecule has 1 aliphatic carbocycles. The highest BCUT2D eigenvalue weighted by Gasteiger charge is 2.24. The molecule has 0 saturated carbocycles. The number of nitrogens with one attached hydrogen (secondary N) is 1. The molecule has 4 rings (SSSR count). The first-order chi connectivity index (χ1) is 13.1. The van der Waals surface area contributed by atoms with Crippen LogP contribution < -0.4 is 14.8 Å². The lowest BCUT2D eigenvalue weighted by Crippen LogP contribution is -2.35. The Hall–Kier alpha value is -2.54. The van der Waals surface area contributed by atoms with Crippen LogP contribution in [0.25, 0.3) is 0 Å². The van der Waals surface area contributed by atoms with Crippen molar-refractivity contribution >= 4 is 23.2 Å². The zero-order valence-electron chi connectivity index (χ0n) is 15.1. The van der Waals surface area contributed by atoms with Crippen LogP contribution >= 0.6 is 11.3 Å². The first-order valence-corrected chi connectivity index (χ1v) is 9.96. The highest BCUT2D eigenvalue weighted by molar-refractivity contribution is 7.10. The number of carbonyl (C=O) groups excluding carboxylic acids is 2. The lowest BCUT2D eigenvalue weighted by atomic mass is 9.96. The molecule has 1 aromatic heterocycles. The lowest BCUT2D eigenvalue weighted by Gasteiger charge is -2.15. The van der Waals surface area contributed by atoms with Crippen molar-refractivity contribution in [3.8, 4) is 11.5 Å². The van der Waals surface area contributed by atoms with Crippen molar-refractivity contribution in [3.05, 3.63) is 45.1 Å². The smallest absolute Gasteiger partial charge is 0.340 e. The molecule has 1 aromatic carbocycles. The van der Waals surface area contributed by atoms with Crippen molar-refractivity contribution in [1.82, 2.24) is 5.32 Å². The molecule has 0 unspecified atom stereocenters. The molecule has 1 aliphatic heterocycles. The summed E-state index contributed by atoms with van der Waals surface area (Å²) in [5.74, 6) is 0.625. The third kappa shape index (κ3) is 3.78. The Labute approximate surface area is 161 Å². The number of ether oxygens (including phenoxy) is 3. The van der Waals surface area contributed by atoms with Crippen LogP contribution in [-0.2, 0) is 28.9 Å². The number of hydrogen-bond acceptors (Lipinski definition) is 6. The molecular weight excluding hydrogens is 366 g/mol. The second kappa shape index (κ2) is 7.60. The summed E-state index contributed by atoms with van der Waals surface area (Å²) in [7, 11) is 0. The van der Waals surface area contributed by atoms with E-state index < -0.39 is 12.1 Å². The van der Waals surface area contributed by atoms with Crippen LogP contribution in [0, 0.1) is 0 Å². The second-order valence-electron chi connectivity index (χ2n) is 6.71. The maximum absolute atomic E-state index is 12.5. The summed E-state index contributed by atoms with van der Waals surface area (Å²) < 4.78 is 16.0. The first-order valence-electron chi connectivity index (χ1n) is 9.08. The Morgan fingerprint density at radius 2 is 2.04 bits per heavy atom.